The van der Waals surface area contributed by atoms with Crippen LogP contribution >= 0.6 is 11.8 Å². The van der Waals surface area contributed by atoms with Gasteiger partial charge in [-0.25, -0.2) is 13.4 Å². The van der Waals surface area contributed by atoms with Gasteiger partial charge in [0.15, 0.2) is 0 Å². The predicted molar refractivity (Wildman–Crippen MR) is 107 cm³/mol. The lowest BCUT2D eigenvalue weighted by atomic mass is 10.2. The molecule has 1 aliphatic rings. The van der Waals surface area contributed by atoms with E-state index in [2.05, 4.69) is 16.1 Å². The van der Waals surface area contributed by atoms with E-state index >= 15 is 0 Å². The van der Waals surface area contributed by atoms with Gasteiger partial charge in [-0.1, -0.05) is 6.42 Å². The third-order valence-electron chi connectivity index (χ3n) is 4.60. The molecule has 0 radical (unpaired) electrons. The van der Waals surface area contributed by atoms with Crippen LogP contribution in [0.3, 0.4) is 0 Å². The first kappa shape index (κ1) is 20.5. The Morgan fingerprint density at radius 1 is 1.20 bits per heavy atom. The van der Waals surface area contributed by atoms with Gasteiger partial charge in [-0.05, 0) is 58.9 Å². The number of aromatic nitrogens is 1. The number of hydrogen-bond acceptors (Lipinski definition) is 5. The van der Waals surface area contributed by atoms with Gasteiger partial charge in [-0.2, -0.15) is 16.1 Å². The largest absolute Gasteiger partial charge is 0.356 e. The zero-order valence-electron chi connectivity index (χ0n) is 16.0. The van der Waals surface area contributed by atoms with Gasteiger partial charge in [0.25, 0.3) is 0 Å². The number of hydrogen-bond donors (Lipinski definition) is 0. The summed E-state index contributed by atoms with van der Waals surface area (Å²) in [5, 5.41) is 0.616. The summed E-state index contributed by atoms with van der Waals surface area (Å²) >= 11 is 1.90. The van der Waals surface area contributed by atoms with Gasteiger partial charge in [0.2, 0.25) is 10.0 Å². The Morgan fingerprint density at radius 3 is 2.40 bits per heavy atom. The van der Waals surface area contributed by atoms with Crippen molar-refractivity contribution in [2.24, 2.45) is 0 Å². The summed E-state index contributed by atoms with van der Waals surface area (Å²) in [4.78, 5) is 7.05. The van der Waals surface area contributed by atoms with Crippen LogP contribution in [0.4, 0.5) is 5.82 Å². The van der Waals surface area contributed by atoms with E-state index in [1.807, 2.05) is 45.5 Å². The first-order valence-electron chi connectivity index (χ1n) is 9.04. The molecule has 0 aromatic carbocycles. The monoisotopic (exact) mass is 385 g/mol. The summed E-state index contributed by atoms with van der Waals surface area (Å²) in [6.07, 6.45) is 7.31. The average Bonchev–Trinajstić information content (AvgIpc) is 2.79. The van der Waals surface area contributed by atoms with Crippen LogP contribution in [-0.2, 0) is 10.0 Å². The highest BCUT2D eigenvalue weighted by Crippen LogP contribution is 2.25. The van der Waals surface area contributed by atoms with Crippen LogP contribution < -0.4 is 4.90 Å². The molecular weight excluding hydrogens is 354 g/mol. The van der Waals surface area contributed by atoms with Crippen molar-refractivity contribution in [3.63, 3.8) is 0 Å². The van der Waals surface area contributed by atoms with Crippen molar-refractivity contribution in [3.8, 4) is 0 Å². The van der Waals surface area contributed by atoms with Crippen LogP contribution in [0.15, 0.2) is 23.2 Å². The van der Waals surface area contributed by atoms with Crippen molar-refractivity contribution in [1.29, 1.82) is 0 Å². The molecule has 7 heteroatoms. The molecule has 0 N–H and O–H groups in total. The Balaban J connectivity index is 2.24. The lowest BCUT2D eigenvalue weighted by Gasteiger charge is -2.29. The maximum Gasteiger partial charge on any atom is 0.245 e. The quantitative estimate of drug-likeness (QED) is 0.749. The van der Waals surface area contributed by atoms with Crippen LogP contribution in [0.1, 0.15) is 47.0 Å². The van der Waals surface area contributed by atoms with E-state index in [9.17, 15) is 8.42 Å². The molecule has 2 heterocycles. The maximum absolute atomic E-state index is 12.9. The van der Waals surface area contributed by atoms with Gasteiger partial charge in [0.05, 0.1) is 0 Å². The molecule has 0 saturated carbocycles. The molecule has 0 bridgehead atoms. The Labute approximate surface area is 157 Å². The summed E-state index contributed by atoms with van der Waals surface area (Å²) < 4.78 is 27.4. The first-order valence-corrected chi connectivity index (χ1v) is 11.8. The highest BCUT2D eigenvalue weighted by Gasteiger charge is 2.30. The summed E-state index contributed by atoms with van der Waals surface area (Å²) in [5.74, 6) is 0.876. The Hall–Kier alpha value is -0.790. The number of sulfonamides is 1. The fourth-order valence-electron chi connectivity index (χ4n) is 3.49. The van der Waals surface area contributed by atoms with Crippen LogP contribution in [0.25, 0.3) is 0 Å². The number of anilines is 1. The molecule has 1 fully saturated rings. The van der Waals surface area contributed by atoms with Gasteiger partial charge < -0.3 is 4.90 Å². The standard InChI is InChI=1S/C18H31N3O2S2/c1-14(2)21(15(3)4)25(22,23)17-9-10-18(19-12-17)20-11-7-6-8-16(13-20)24-5/h9-10,12,14-16H,6-8,11,13H2,1-5H3. The number of pyridine rings is 1. The molecule has 25 heavy (non-hydrogen) atoms. The van der Waals surface area contributed by atoms with E-state index in [4.69, 9.17) is 0 Å². The normalized spacial score (nSPS) is 19.7. The maximum atomic E-state index is 12.9. The highest BCUT2D eigenvalue weighted by atomic mass is 32.2. The molecule has 5 nitrogen and oxygen atoms in total. The third kappa shape index (κ3) is 4.89. The minimum absolute atomic E-state index is 0.0855. The molecule has 0 amide bonds. The van der Waals surface area contributed by atoms with E-state index in [1.54, 1.807) is 10.4 Å². The van der Waals surface area contributed by atoms with Crippen molar-refractivity contribution in [1.82, 2.24) is 9.29 Å². The summed E-state index contributed by atoms with van der Waals surface area (Å²) in [7, 11) is -3.52. The van der Waals surface area contributed by atoms with Gasteiger partial charge in [-0.3, -0.25) is 0 Å². The second-order valence-electron chi connectivity index (χ2n) is 7.17. The summed E-state index contributed by atoms with van der Waals surface area (Å²) in [5.41, 5.74) is 0. The first-order chi connectivity index (χ1) is 11.8. The van der Waals surface area contributed by atoms with E-state index in [0.29, 0.717) is 5.25 Å². The van der Waals surface area contributed by atoms with Crippen molar-refractivity contribution in [3.05, 3.63) is 18.3 Å². The van der Waals surface area contributed by atoms with E-state index in [1.165, 1.54) is 19.0 Å². The van der Waals surface area contributed by atoms with Crippen molar-refractivity contribution >= 4 is 27.6 Å². The van der Waals surface area contributed by atoms with Crippen LogP contribution in [-0.4, -0.2) is 54.4 Å². The zero-order chi connectivity index (χ0) is 18.6. The molecule has 1 unspecified atom stereocenters. The predicted octanol–water partition coefficient (Wildman–Crippen LogP) is 3.61. The van der Waals surface area contributed by atoms with E-state index in [-0.39, 0.29) is 17.0 Å². The molecular formula is C18H31N3O2S2. The smallest absolute Gasteiger partial charge is 0.245 e. The molecule has 2 rings (SSSR count). The molecule has 0 spiro atoms. The van der Waals surface area contributed by atoms with Gasteiger partial charge in [0.1, 0.15) is 10.7 Å². The second kappa shape index (κ2) is 8.73. The topological polar surface area (TPSA) is 53.5 Å². The van der Waals surface area contributed by atoms with E-state index < -0.39 is 10.0 Å². The molecule has 1 saturated heterocycles. The Morgan fingerprint density at radius 2 is 1.88 bits per heavy atom. The lowest BCUT2D eigenvalue weighted by Crippen LogP contribution is -2.42. The molecule has 1 aliphatic heterocycles. The SMILES string of the molecule is CSC1CCCCN(c2ccc(S(=O)(=O)N(C(C)C)C(C)C)cn2)C1. The van der Waals surface area contributed by atoms with Gasteiger partial charge in [0, 0.05) is 36.6 Å². The molecule has 1 atom stereocenters. The van der Waals surface area contributed by atoms with Gasteiger partial charge >= 0.3 is 0 Å². The number of nitrogens with zero attached hydrogens (tertiary/aromatic N) is 3. The minimum atomic E-state index is -3.52. The average molecular weight is 386 g/mol. The fourth-order valence-corrected chi connectivity index (χ4v) is 6.00. The second-order valence-corrected chi connectivity index (χ2v) is 10.2. The molecule has 1 aromatic rings. The van der Waals surface area contributed by atoms with Crippen molar-refractivity contribution < 1.29 is 8.42 Å². The van der Waals surface area contributed by atoms with E-state index in [0.717, 1.165) is 25.3 Å². The molecule has 1 aromatic heterocycles. The zero-order valence-corrected chi connectivity index (χ0v) is 17.6. The van der Waals surface area contributed by atoms with Crippen LogP contribution in [0.5, 0.6) is 0 Å². The highest BCUT2D eigenvalue weighted by molar-refractivity contribution is 7.99. The Kier molecular flexibility index (Phi) is 7.17. The summed E-state index contributed by atoms with van der Waals surface area (Å²) in [6, 6.07) is 3.39. The number of thioether (sulfide) groups is 1. The van der Waals surface area contributed by atoms with Crippen LogP contribution in [0, 0.1) is 0 Å². The van der Waals surface area contributed by atoms with Crippen molar-refractivity contribution in [2.45, 2.75) is 69.2 Å². The third-order valence-corrected chi connectivity index (χ3v) is 7.89. The summed E-state index contributed by atoms with van der Waals surface area (Å²) in [6.45, 7) is 9.57. The van der Waals surface area contributed by atoms with Crippen molar-refractivity contribution in [2.75, 3.05) is 24.2 Å². The number of rotatable bonds is 6. The molecule has 142 valence electrons. The lowest BCUT2D eigenvalue weighted by molar-refractivity contribution is 0.302. The van der Waals surface area contributed by atoms with Gasteiger partial charge in [-0.15, -0.1) is 0 Å². The fraction of sp³-hybridized carbons (Fsp3) is 0.722. The Bertz CT molecular complexity index is 637. The minimum Gasteiger partial charge on any atom is -0.356 e. The van der Waals surface area contributed by atoms with Crippen LogP contribution in [0.2, 0.25) is 0 Å². The molecule has 0 aliphatic carbocycles.